The highest BCUT2D eigenvalue weighted by atomic mass is 19.1. The van der Waals surface area contributed by atoms with Crippen LogP contribution in [0.15, 0.2) is 36.7 Å². The molecule has 3 aromatic rings. The van der Waals surface area contributed by atoms with Crippen molar-refractivity contribution in [3.8, 4) is 0 Å². The van der Waals surface area contributed by atoms with E-state index in [-0.39, 0.29) is 11.9 Å². The fourth-order valence-electron chi connectivity index (χ4n) is 2.85. The van der Waals surface area contributed by atoms with Gasteiger partial charge >= 0.3 is 6.08 Å². The molecule has 0 spiro atoms. The molecule has 1 saturated heterocycles. The van der Waals surface area contributed by atoms with E-state index in [0.717, 1.165) is 5.56 Å². The first-order valence-electron chi connectivity index (χ1n) is 7.65. The minimum absolute atomic E-state index is 0.0289. The summed E-state index contributed by atoms with van der Waals surface area (Å²) in [5.74, 6) is 0.316. The number of rotatable bonds is 4. The predicted octanol–water partition coefficient (Wildman–Crippen LogP) is 1.64. The molecule has 2 N–H and O–H groups in total. The Hall–Kier alpha value is -3.03. The highest BCUT2D eigenvalue weighted by molar-refractivity contribution is 5.84. The number of hydrogen-bond donors (Lipinski definition) is 2. The second-order valence-corrected chi connectivity index (χ2v) is 5.67. The number of hydrogen-bond acceptors (Lipinski definition) is 5. The summed E-state index contributed by atoms with van der Waals surface area (Å²) in [7, 11) is 0. The molecule has 1 atom stereocenters. The van der Waals surface area contributed by atoms with Gasteiger partial charge < -0.3 is 15.2 Å². The van der Waals surface area contributed by atoms with Crippen LogP contribution in [0.5, 0.6) is 0 Å². The van der Waals surface area contributed by atoms with E-state index in [1.807, 2.05) is 30.3 Å². The molecule has 0 aliphatic carbocycles. The van der Waals surface area contributed by atoms with Crippen LogP contribution in [0.4, 0.5) is 10.2 Å². The number of nitrogens with zero attached hydrogens (tertiary/aromatic N) is 4. The lowest BCUT2D eigenvalue weighted by Crippen LogP contribution is -2.15. The van der Waals surface area contributed by atoms with Gasteiger partial charge in [0.05, 0.1) is 12.4 Å². The molecule has 4 rings (SSSR count). The molecule has 1 amide bonds. The average Bonchev–Trinajstić information content (AvgIpc) is 3.19. The number of halogens is 1. The minimum atomic E-state index is -0.822. The van der Waals surface area contributed by atoms with Gasteiger partial charge in [0.25, 0.3) is 0 Å². The van der Waals surface area contributed by atoms with Crippen molar-refractivity contribution in [2.45, 2.75) is 19.0 Å². The number of carbonyl (C=O) groups is 1. The SMILES string of the molecule is O=C1CC(n2cnc3c(NCc4ccccc4)nc(F)nc32)CN1. The van der Waals surface area contributed by atoms with Crippen LogP contribution in [0.2, 0.25) is 0 Å². The number of aromatic nitrogens is 4. The second-order valence-electron chi connectivity index (χ2n) is 5.67. The van der Waals surface area contributed by atoms with E-state index >= 15 is 0 Å². The van der Waals surface area contributed by atoms with Gasteiger partial charge in [-0.1, -0.05) is 30.3 Å². The summed E-state index contributed by atoms with van der Waals surface area (Å²) in [5.41, 5.74) is 1.93. The Morgan fingerprint density at radius 2 is 2.12 bits per heavy atom. The van der Waals surface area contributed by atoms with Crippen molar-refractivity contribution in [3.63, 3.8) is 0 Å². The summed E-state index contributed by atoms with van der Waals surface area (Å²) >= 11 is 0. The maximum Gasteiger partial charge on any atom is 0.312 e. The first-order valence-corrected chi connectivity index (χ1v) is 7.65. The molecule has 1 aliphatic rings. The van der Waals surface area contributed by atoms with Crippen molar-refractivity contribution in [1.29, 1.82) is 0 Å². The van der Waals surface area contributed by atoms with Gasteiger partial charge in [-0.3, -0.25) is 4.79 Å². The monoisotopic (exact) mass is 326 g/mol. The molecule has 3 heterocycles. The Bertz CT molecular complexity index is 894. The van der Waals surface area contributed by atoms with E-state index in [1.54, 1.807) is 10.9 Å². The zero-order chi connectivity index (χ0) is 16.5. The van der Waals surface area contributed by atoms with Crippen LogP contribution in [-0.2, 0) is 11.3 Å². The number of amides is 1. The van der Waals surface area contributed by atoms with E-state index in [9.17, 15) is 9.18 Å². The minimum Gasteiger partial charge on any atom is -0.364 e. The van der Waals surface area contributed by atoms with Crippen LogP contribution in [0.3, 0.4) is 0 Å². The van der Waals surface area contributed by atoms with Gasteiger partial charge in [0, 0.05) is 19.5 Å². The Kier molecular flexibility index (Phi) is 3.56. The Morgan fingerprint density at radius 1 is 1.29 bits per heavy atom. The number of anilines is 1. The predicted molar refractivity (Wildman–Crippen MR) is 85.7 cm³/mol. The van der Waals surface area contributed by atoms with E-state index in [1.165, 1.54) is 0 Å². The lowest BCUT2D eigenvalue weighted by Gasteiger charge is -2.10. The standard InChI is InChI=1S/C16H15FN6O/c17-16-21-14(19-7-10-4-2-1-3-5-10)13-15(22-16)23(9-20-13)11-6-12(24)18-8-11/h1-5,9,11H,6-8H2,(H,18,24)(H,19,21,22). The van der Waals surface area contributed by atoms with Gasteiger partial charge in [-0.05, 0) is 5.56 Å². The lowest BCUT2D eigenvalue weighted by atomic mass is 10.2. The van der Waals surface area contributed by atoms with Gasteiger partial charge in [0.1, 0.15) is 0 Å². The zero-order valence-electron chi connectivity index (χ0n) is 12.7. The third kappa shape index (κ3) is 2.66. The van der Waals surface area contributed by atoms with Gasteiger partial charge in [-0.25, -0.2) is 4.98 Å². The number of fused-ring (bicyclic) bond motifs is 1. The van der Waals surface area contributed by atoms with Crippen molar-refractivity contribution in [1.82, 2.24) is 24.8 Å². The molecule has 1 aromatic carbocycles. The zero-order valence-corrected chi connectivity index (χ0v) is 12.7. The van der Waals surface area contributed by atoms with Crippen molar-refractivity contribution >= 4 is 22.9 Å². The van der Waals surface area contributed by atoms with Gasteiger partial charge in [0.2, 0.25) is 5.91 Å². The highest BCUT2D eigenvalue weighted by Gasteiger charge is 2.26. The molecular formula is C16H15FN6O. The second kappa shape index (κ2) is 5.88. The van der Waals surface area contributed by atoms with Gasteiger partial charge in [-0.15, -0.1) is 0 Å². The molecule has 8 heteroatoms. The van der Waals surface area contributed by atoms with E-state index in [0.29, 0.717) is 36.5 Å². The average molecular weight is 326 g/mol. The molecule has 0 radical (unpaired) electrons. The molecule has 7 nitrogen and oxygen atoms in total. The maximum atomic E-state index is 13.9. The number of imidazole rings is 1. The first kappa shape index (κ1) is 14.6. The summed E-state index contributed by atoms with van der Waals surface area (Å²) < 4.78 is 15.6. The smallest absolute Gasteiger partial charge is 0.312 e. The third-order valence-corrected chi connectivity index (χ3v) is 4.05. The Balaban J connectivity index is 1.66. The van der Waals surface area contributed by atoms with Crippen LogP contribution in [0, 0.1) is 6.08 Å². The van der Waals surface area contributed by atoms with E-state index < -0.39 is 6.08 Å². The van der Waals surface area contributed by atoms with Crippen LogP contribution in [0.25, 0.3) is 11.2 Å². The molecule has 1 unspecified atom stereocenters. The summed E-state index contributed by atoms with van der Waals surface area (Å²) in [4.78, 5) is 23.4. The molecule has 1 fully saturated rings. The number of carbonyl (C=O) groups excluding carboxylic acids is 1. The van der Waals surface area contributed by atoms with E-state index in [4.69, 9.17) is 0 Å². The van der Waals surface area contributed by atoms with Gasteiger partial charge in [-0.2, -0.15) is 14.4 Å². The first-order chi connectivity index (χ1) is 11.7. The molecule has 1 aliphatic heterocycles. The highest BCUT2D eigenvalue weighted by Crippen LogP contribution is 2.25. The van der Waals surface area contributed by atoms with E-state index in [2.05, 4.69) is 25.6 Å². The van der Waals surface area contributed by atoms with Crippen molar-refractivity contribution in [3.05, 3.63) is 48.3 Å². The normalized spacial score (nSPS) is 17.2. The van der Waals surface area contributed by atoms with Crippen LogP contribution in [-0.4, -0.2) is 32.0 Å². The summed E-state index contributed by atoms with van der Waals surface area (Å²) in [6.45, 7) is 0.991. The topological polar surface area (TPSA) is 84.7 Å². The molecule has 24 heavy (non-hydrogen) atoms. The fourth-order valence-corrected chi connectivity index (χ4v) is 2.85. The van der Waals surface area contributed by atoms with Crippen LogP contribution in [0.1, 0.15) is 18.0 Å². The van der Waals surface area contributed by atoms with Crippen LogP contribution >= 0.6 is 0 Å². The summed E-state index contributed by atoms with van der Waals surface area (Å²) in [6.07, 6.45) is 1.10. The molecule has 2 aromatic heterocycles. The Labute approximate surface area is 136 Å². The van der Waals surface area contributed by atoms with Crippen molar-refractivity contribution in [2.24, 2.45) is 0 Å². The summed E-state index contributed by atoms with van der Waals surface area (Å²) in [6, 6.07) is 9.63. The molecule has 122 valence electrons. The summed E-state index contributed by atoms with van der Waals surface area (Å²) in [5, 5.41) is 5.87. The maximum absolute atomic E-state index is 13.9. The lowest BCUT2D eigenvalue weighted by molar-refractivity contribution is -0.119. The molecular weight excluding hydrogens is 311 g/mol. The molecule has 0 saturated carbocycles. The fraction of sp³-hybridized carbons (Fsp3) is 0.250. The Morgan fingerprint density at radius 3 is 2.88 bits per heavy atom. The van der Waals surface area contributed by atoms with Gasteiger partial charge in [0.15, 0.2) is 17.0 Å². The quantitative estimate of drug-likeness (QED) is 0.712. The number of benzene rings is 1. The third-order valence-electron chi connectivity index (χ3n) is 4.05. The molecule has 0 bridgehead atoms. The van der Waals surface area contributed by atoms with Crippen LogP contribution < -0.4 is 10.6 Å². The van der Waals surface area contributed by atoms with Crippen molar-refractivity contribution < 1.29 is 9.18 Å². The van der Waals surface area contributed by atoms with Crippen molar-refractivity contribution in [2.75, 3.05) is 11.9 Å². The largest absolute Gasteiger partial charge is 0.364 e. The number of nitrogens with one attached hydrogen (secondary N) is 2.